The van der Waals surface area contributed by atoms with Crippen molar-refractivity contribution in [2.45, 2.75) is 71.6 Å². The first-order valence-corrected chi connectivity index (χ1v) is 11.9. The van der Waals surface area contributed by atoms with Crippen LogP contribution in [0.25, 0.3) is 5.57 Å². The molecule has 1 aliphatic rings. The van der Waals surface area contributed by atoms with E-state index in [0.29, 0.717) is 29.7 Å². The van der Waals surface area contributed by atoms with Crippen LogP contribution in [0.1, 0.15) is 75.8 Å². The van der Waals surface area contributed by atoms with Crippen molar-refractivity contribution in [1.29, 1.82) is 0 Å². The van der Waals surface area contributed by atoms with Crippen molar-refractivity contribution in [1.82, 2.24) is 15.1 Å². The largest absolute Gasteiger partial charge is 0.388 e. The molecule has 3 N–H and O–H groups in total. The molecular weight excluding hydrogens is 430 g/mol. The van der Waals surface area contributed by atoms with Gasteiger partial charge in [-0.2, -0.15) is 5.10 Å². The van der Waals surface area contributed by atoms with Crippen molar-refractivity contribution in [3.05, 3.63) is 47.4 Å². The second-order valence-corrected chi connectivity index (χ2v) is 9.55. The van der Waals surface area contributed by atoms with Crippen LogP contribution in [-0.2, 0) is 9.53 Å². The molecule has 1 saturated heterocycles. The Labute approximate surface area is 202 Å². The number of nitrogens with zero attached hydrogens (tertiary/aromatic N) is 2. The predicted molar refractivity (Wildman–Crippen MR) is 136 cm³/mol. The molecule has 184 valence electrons. The van der Waals surface area contributed by atoms with Crippen LogP contribution in [-0.4, -0.2) is 47.3 Å². The van der Waals surface area contributed by atoms with Crippen molar-refractivity contribution in [2.75, 3.05) is 24.2 Å². The first-order chi connectivity index (χ1) is 16.2. The quantitative estimate of drug-likeness (QED) is 0.348. The number of nitrogens with one attached hydrogen (secondary N) is 3. The van der Waals surface area contributed by atoms with Crippen molar-refractivity contribution in [2.24, 2.45) is 0 Å². The molecule has 0 aliphatic carbocycles. The van der Waals surface area contributed by atoms with Crippen LogP contribution in [0.3, 0.4) is 0 Å². The van der Waals surface area contributed by atoms with E-state index < -0.39 is 0 Å². The van der Waals surface area contributed by atoms with E-state index in [-0.39, 0.29) is 23.7 Å². The van der Waals surface area contributed by atoms with Gasteiger partial charge in [-0.25, -0.2) is 0 Å². The number of allylic oxidation sites excluding steroid dienone is 2. The highest BCUT2D eigenvalue weighted by Gasteiger charge is 2.31. The molecule has 1 aromatic carbocycles. The van der Waals surface area contributed by atoms with E-state index in [0.717, 1.165) is 36.2 Å². The van der Waals surface area contributed by atoms with Gasteiger partial charge in [0.15, 0.2) is 6.29 Å². The fourth-order valence-corrected chi connectivity index (χ4v) is 4.16. The van der Waals surface area contributed by atoms with Gasteiger partial charge >= 0.3 is 0 Å². The van der Waals surface area contributed by atoms with Gasteiger partial charge in [-0.15, -0.1) is 0 Å². The van der Waals surface area contributed by atoms with Crippen LogP contribution in [0.2, 0.25) is 0 Å². The third-order valence-electron chi connectivity index (χ3n) is 6.11. The lowest BCUT2D eigenvalue weighted by Crippen LogP contribution is -2.33. The summed E-state index contributed by atoms with van der Waals surface area (Å²) < 4.78 is 7.83. The Morgan fingerprint density at radius 2 is 2.12 bits per heavy atom. The lowest BCUT2D eigenvalue weighted by Gasteiger charge is -2.19. The number of benzene rings is 1. The highest BCUT2D eigenvalue weighted by atomic mass is 16.5. The van der Waals surface area contributed by atoms with Crippen molar-refractivity contribution in [3.8, 4) is 0 Å². The summed E-state index contributed by atoms with van der Waals surface area (Å²) in [5, 5.41) is 13.8. The predicted octanol–water partition coefficient (Wildman–Crippen LogP) is 4.63. The molecule has 0 bridgehead atoms. The van der Waals surface area contributed by atoms with Gasteiger partial charge in [0, 0.05) is 53.9 Å². The molecule has 8 nitrogen and oxygen atoms in total. The van der Waals surface area contributed by atoms with Gasteiger partial charge in [0.2, 0.25) is 0 Å². The first kappa shape index (κ1) is 25.5. The number of aldehydes is 1. The fraction of sp³-hybridized carbons (Fsp3) is 0.500. The highest BCUT2D eigenvalue weighted by Crippen LogP contribution is 2.30. The molecule has 1 aliphatic heterocycles. The number of rotatable bonds is 10. The van der Waals surface area contributed by atoms with Gasteiger partial charge in [0.25, 0.3) is 5.91 Å². The number of hydrogen-bond donors (Lipinski definition) is 3. The van der Waals surface area contributed by atoms with Crippen LogP contribution >= 0.6 is 0 Å². The van der Waals surface area contributed by atoms with Crippen molar-refractivity contribution < 1.29 is 14.3 Å². The summed E-state index contributed by atoms with van der Waals surface area (Å²) in [5.41, 5.74) is 3.86. The normalized spacial score (nSPS) is 17.9. The Balaban J connectivity index is 1.85. The topological polar surface area (TPSA) is 97.3 Å². The standard InChI is InChI=1S/C26H37N5O3/c1-7-23(30-19-13-29-31(15-19)17(2)3)22(16-32)21-12-18(8-9-24(21)27-6)25(33)28-14-20-10-11-26(4,5)34-20/h8-9,12-13,15-17,20,27,30H,7,10-11,14H2,1-6H3,(H,28,33)/b23-22+. The molecule has 1 unspecified atom stereocenters. The van der Waals surface area contributed by atoms with Crippen LogP contribution in [0.15, 0.2) is 36.3 Å². The molecule has 8 heteroatoms. The third-order valence-corrected chi connectivity index (χ3v) is 6.11. The van der Waals surface area contributed by atoms with Crippen molar-refractivity contribution in [3.63, 3.8) is 0 Å². The first-order valence-electron chi connectivity index (χ1n) is 11.9. The van der Waals surface area contributed by atoms with Crippen LogP contribution in [0.4, 0.5) is 11.4 Å². The monoisotopic (exact) mass is 467 g/mol. The van der Waals surface area contributed by atoms with Gasteiger partial charge in [0.05, 0.1) is 23.6 Å². The Morgan fingerprint density at radius 1 is 1.35 bits per heavy atom. The summed E-state index contributed by atoms with van der Waals surface area (Å²) in [4.78, 5) is 25.2. The van der Waals surface area contributed by atoms with E-state index in [1.807, 2.05) is 23.9 Å². The minimum atomic E-state index is -0.188. The zero-order valence-electron chi connectivity index (χ0n) is 21.1. The Morgan fingerprint density at radius 3 is 2.68 bits per heavy atom. The SMILES string of the molecule is CC/C(Nc1cnn(C(C)C)c1)=C(/C=O)c1cc(C(=O)NCC2CCC(C)(C)O2)ccc1NC. The van der Waals surface area contributed by atoms with Crippen LogP contribution in [0.5, 0.6) is 0 Å². The molecule has 1 fully saturated rings. The number of ether oxygens (including phenoxy) is 1. The van der Waals surface area contributed by atoms with Gasteiger partial charge in [-0.1, -0.05) is 6.92 Å². The highest BCUT2D eigenvalue weighted by molar-refractivity contribution is 6.12. The molecule has 3 rings (SSSR count). The molecule has 2 heterocycles. The fourth-order valence-electron chi connectivity index (χ4n) is 4.16. The van der Waals surface area contributed by atoms with Gasteiger partial charge in [-0.3, -0.25) is 14.3 Å². The van der Waals surface area contributed by atoms with E-state index in [4.69, 9.17) is 4.74 Å². The van der Waals surface area contributed by atoms with Crippen molar-refractivity contribution >= 4 is 29.1 Å². The number of hydrogen-bond acceptors (Lipinski definition) is 6. The number of amides is 1. The number of carbonyl (C=O) groups is 2. The van der Waals surface area contributed by atoms with Crippen LogP contribution in [0, 0.1) is 0 Å². The second kappa shape index (κ2) is 10.9. The molecule has 0 saturated carbocycles. The zero-order valence-corrected chi connectivity index (χ0v) is 21.1. The minimum Gasteiger partial charge on any atom is -0.388 e. The smallest absolute Gasteiger partial charge is 0.251 e. The van der Waals surface area contributed by atoms with E-state index in [1.165, 1.54) is 0 Å². The lowest BCUT2D eigenvalue weighted by atomic mass is 9.98. The Hall–Kier alpha value is -3.13. The molecule has 1 aromatic heterocycles. The maximum Gasteiger partial charge on any atom is 0.251 e. The Bertz CT molecular complexity index is 1050. The molecule has 0 spiro atoms. The van der Waals surface area contributed by atoms with Gasteiger partial charge < -0.3 is 20.7 Å². The molecule has 2 aromatic rings. The van der Waals surface area contributed by atoms with E-state index in [9.17, 15) is 9.59 Å². The average Bonchev–Trinajstić information content (AvgIpc) is 3.43. The summed E-state index contributed by atoms with van der Waals surface area (Å²) in [5.74, 6) is -0.188. The number of anilines is 2. The van der Waals surface area contributed by atoms with E-state index >= 15 is 0 Å². The lowest BCUT2D eigenvalue weighted by molar-refractivity contribution is -0.103. The summed E-state index contributed by atoms with van der Waals surface area (Å²) in [6.07, 6.45) is 7.02. The Kier molecular flexibility index (Phi) is 8.15. The zero-order chi connectivity index (χ0) is 24.9. The van der Waals surface area contributed by atoms with E-state index in [2.05, 4.69) is 48.7 Å². The third kappa shape index (κ3) is 6.05. The van der Waals surface area contributed by atoms with Gasteiger partial charge in [-0.05, 0) is 65.2 Å². The maximum atomic E-state index is 12.9. The molecule has 1 atom stereocenters. The summed E-state index contributed by atoms with van der Waals surface area (Å²) in [6, 6.07) is 5.59. The molecule has 34 heavy (non-hydrogen) atoms. The number of aromatic nitrogens is 2. The molecular formula is C26H37N5O3. The summed E-state index contributed by atoms with van der Waals surface area (Å²) >= 11 is 0. The van der Waals surface area contributed by atoms with Crippen LogP contribution < -0.4 is 16.0 Å². The summed E-state index contributed by atoms with van der Waals surface area (Å²) in [6.45, 7) is 10.7. The number of carbonyl (C=O) groups excluding carboxylic acids is 2. The van der Waals surface area contributed by atoms with E-state index in [1.54, 1.807) is 25.4 Å². The molecule has 0 radical (unpaired) electrons. The maximum absolute atomic E-state index is 12.9. The molecule has 1 amide bonds. The van der Waals surface area contributed by atoms with Gasteiger partial charge in [0.1, 0.15) is 0 Å². The minimum absolute atomic E-state index is 0.0167. The average molecular weight is 468 g/mol. The summed E-state index contributed by atoms with van der Waals surface area (Å²) in [7, 11) is 1.80. The second-order valence-electron chi connectivity index (χ2n) is 9.55.